The number of nitrogen functional groups attached to an aromatic ring is 1. The van der Waals surface area contributed by atoms with Crippen LogP contribution in [0.15, 0.2) is 47.4 Å². The Balaban J connectivity index is 0.000000173. The zero-order valence-corrected chi connectivity index (χ0v) is 14.7. The van der Waals surface area contributed by atoms with Gasteiger partial charge in [0.15, 0.2) is 21.0 Å². The van der Waals surface area contributed by atoms with Gasteiger partial charge in [0.05, 0.1) is 0 Å². The van der Waals surface area contributed by atoms with Crippen LogP contribution in [0.1, 0.15) is 0 Å². The van der Waals surface area contributed by atoms with Gasteiger partial charge in [-0.1, -0.05) is 53.0 Å². The largest absolute Gasteiger partial charge is 0.417 e. The molecule has 4 aromatic rings. The van der Waals surface area contributed by atoms with E-state index in [2.05, 4.69) is 24.9 Å². The molecule has 0 spiro atoms. The Hall–Kier alpha value is -2.48. The van der Waals surface area contributed by atoms with Crippen molar-refractivity contribution >= 4 is 51.7 Å². The van der Waals surface area contributed by atoms with Crippen molar-refractivity contribution in [1.29, 1.82) is 0 Å². The smallest absolute Gasteiger partial charge is 0.252 e. The number of fused-ring (bicyclic) bond motifs is 1. The number of nitrogens with two attached hydrogens (primary N) is 1. The fourth-order valence-electron chi connectivity index (χ4n) is 1.79. The third-order valence-corrected chi connectivity index (χ3v) is 3.84. The van der Waals surface area contributed by atoms with Gasteiger partial charge in [-0.2, -0.15) is 4.98 Å². The van der Waals surface area contributed by atoms with Crippen molar-refractivity contribution in [1.82, 2.24) is 24.9 Å². The number of anilines is 1. The van der Waals surface area contributed by atoms with Crippen molar-refractivity contribution < 1.29 is 4.42 Å². The lowest BCUT2D eigenvalue weighted by Crippen LogP contribution is -1.91. The molecule has 25 heavy (non-hydrogen) atoms. The summed E-state index contributed by atoms with van der Waals surface area (Å²) in [7, 11) is 0. The predicted molar refractivity (Wildman–Crippen MR) is 96.5 cm³/mol. The zero-order chi connectivity index (χ0) is 17.8. The first-order valence-electron chi connectivity index (χ1n) is 6.80. The van der Waals surface area contributed by atoms with Gasteiger partial charge in [-0.25, -0.2) is 19.9 Å². The summed E-state index contributed by atoms with van der Waals surface area (Å²) < 4.78 is 5.49. The highest BCUT2D eigenvalue weighted by atomic mass is 35.5. The third-order valence-electron chi connectivity index (χ3n) is 2.96. The van der Waals surface area contributed by atoms with Gasteiger partial charge in [-0.3, -0.25) is 0 Å². The van der Waals surface area contributed by atoms with E-state index in [-0.39, 0.29) is 16.0 Å². The quantitative estimate of drug-likeness (QED) is 0.479. The minimum absolute atomic E-state index is 0.190. The van der Waals surface area contributed by atoms with Crippen molar-refractivity contribution in [2.75, 3.05) is 5.73 Å². The van der Waals surface area contributed by atoms with Gasteiger partial charge in [0.1, 0.15) is 18.3 Å². The molecular formula is C15H9Cl3N6O. The molecule has 3 aromatic heterocycles. The van der Waals surface area contributed by atoms with E-state index in [1.807, 2.05) is 30.3 Å². The highest BCUT2D eigenvalue weighted by molar-refractivity contribution is 6.37. The summed E-state index contributed by atoms with van der Waals surface area (Å²) in [5.74, 6) is 0.498. The van der Waals surface area contributed by atoms with Crippen LogP contribution in [-0.2, 0) is 0 Å². The van der Waals surface area contributed by atoms with Gasteiger partial charge >= 0.3 is 0 Å². The summed E-state index contributed by atoms with van der Waals surface area (Å²) in [5, 5.41) is 0.681. The maximum Gasteiger partial charge on any atom is 0.252 e. The first-order valence-corrected chi connectivity index (χ1v) is 7.93. The Morgan fingerprint density at radius 3 is 2.00 bits per heavy atom. The Bertz CT molecular complexity index is 989. The average Bonchev–Trinajstić information content (AvgIpc) is 3.07. The summed E-state index contributed by atoms with van der Waals surface area (Å²) in [6.07, 6.45) is 2.60. The molecule has 0 radical (unpaired) electrons. The van der Waals surface area contributed by atoms with Crippen molar-refractivity contribution in [2.45, 2.75) is 0 Å². The SMILES string of the molecule is Clc1ncnc2oc(-c3ccccc3)nc12.Nc1c(Cl)ncnc1Cl. The van der Waals surface area contributed by atoms with Gasteiger partial charge < -0.3 is 10.2 Å². The molecule has 0 atom stereocenters. The first-order chi connectivity index (χ1) is 12.1. The molecule has 3 heterocycles. The predicted octanol–water partition coefficient (Wildman–Crippen LogP) is 4.30. The van der Waals surface area contributed by atoms with Crippen molar-refractivity contribution in [3.05, 3.63) is 58.4 Å². The lowest BCUT2D eigenvalue weighted by molar-refractivity contribution is 0.607. The molecular weight excluding hydrogens is 387 g/mol. The molecule has 10 heteroatoms. The molecule has 0 unspecified atom stereocenters. The van der Waals surface area contributed by atoms with Crippen LogP contribution >= 0.6 is 34.8 Å². The maximum absolute atomic E-state index is 5.88. The number of nitrogens with zero attached hydrogens (tertiary/aromatic N) is 5. The number of benzene rings is 1. The van der Waals surface area contributed by atoms with Gasteiger partial charge in [0.2, 0.25) is 5.89 Å². The number of hydrogen-bond acceptors (Lipinski definition) is 7. The Labute approximate surface area is 156 Å². The summed E-state index contributed by atoms with van der Waals surface area (Å²) in [6, 6.07) is 9.58. The summed E-state index contributed by atoms with van der Waals surface area (Å²) >= 11 is 16.8. The molecule has 0 amide bonds. The topological polar surface area (TPSA) is 104 Å². The van der Waals surface area contributed by atoms with Crippen LogP contribution in [0.2, 0.25) is 15.5 Å². The third kappa shape index (κ3) is 3.96. The highest BCUT2D eigenvalue weighted by Crippen LogP contribution is 2.25. The van der Waals surface area contributed by atoms with E-state index in [9.17, 15) is 0 Å². The lowest BCUT2D eigenvalue weighted by atomic mass is 10.2. The molecule has 0 saturated heterocycles. The molecule has 7 nitrogen and oxygen atoms in total. The number of rotatable bonds is 1. The van der Waals surface area contributed by atoms with Crippen LogP contribution in [-0.4, -0.2) is 24.9 Å². The van der Waals surface area contributed by atoms with Crippen LogP contribution in [0, 0.1) is 0 Å². The molecule has 0 aliphatic rings. The molecule has 0 bridgehead atoms. The monoisotopic (exact) mass is 394 g/mol. The van der Waals surface area contributed by atoms with E-state index in [4.69, 9.17) is 45.0 Å². The van der Waals surface area contributed by atoms with Gasteiger partial charge in [-0.15, -0.1) is 0 Å². The van der Waals surface area contributed by atoms with Crippen molar-refractivity contribution in [2.24, 2.45) is 0 Å². The minimum Gasteiger partial charge on any atom is -0.417 e. The molecule has 0 aliphatic carbocycles. The maximum atomic E-state index is 5.88. The van der Waals surface area contributed by atoms with Gasteiger partial charge in [-0.05, 0) is 12.1 Å². The second-order valence-electron chi connectivity index (χ2n) is 4.57. The van der Waals surface area contributed by atoms with E-state index in [1.165, 1.54) is 12.7 Å². The number of halogens is 3. The molecule has 1 aromatic carbocycles. The van der Waals surface area contributed by atoms with E-state index in [1.54, 1.807) is 0 Å². The van der Waals surface area contributed by atoms with Crippen LogP contribution < -0.4 is 5.73 Å². The van der Waals surface area contributed by atoms with Crippen molar-refractivity contribution in [3.8, 4) is 11.5 Å². The number of aromatic nitrogens is 5. The molecule has 126 valence electrons. The molecule has 0 saturated carbocycles. The Morgan fingerprint density at radius 1 is 0.800 bits per heavy atom. The minimum atomic E-state index is 0.190. The lowest BCUT2D eigenvalue weighted by Gasteiger charge is -1.94. The standard InChI is InChI=1S/C11H6ClN3O.C4H3Cl2N3/c12-9-8-11(14-6-13-9)16-10(15-8)7-4-2-1-3-5-7;5-3-2(7)4(6)9-1-8-3/h1-6H;1H,7H2. The first kappa shape index (κ1) is 17.3. The van der Waals surface area contributed by atoms with E-state index in [0.717, 1.165) is 5.56 Å². The Morgan fingerprint density at radius 2 is 1.40 bits per heavy atom. The zero-order valence-electron chi connectivity index (χ0n) is 12.4. The molecule has 0 fully saturated rings. The van der Waals surface area contributed by atoms with Crippen LogP contribution in [0.3, 0.4) is 0 Å². The molecule has 0 aliphatic heterocycles. The van der Waals surface area contributed by atoms with Crippen LogP contribution in [0.5, 0.6) is 0 Å². The van der Waals surface area contributed by atoms with E-state index >= 15 is 0 Å². The normalized spacial score (nSPS) is 10.4. The summed E-state index contributed by atoms with van der Waals surface area (Å²) in [6.45, 7) is 0. The number of hydrogen-bond donors (Lipinski definition) is 1. The van der Waals surface area contributed by atoms with Crippen LogP contribution in [0.25, 0.3) is 22.7 Å². The second-order valence-corrected chi connectivity index (χ2v) is 5.65. The van der Waals surface area contributed by atoms with Crippen molar-refractivity contribution in [3.63, 3.8) is 0 Å². The average molecular weight is 396 g/mol. The fraction of sp³-hybridized carbons (Fsp3) is 0. The van der Waals surface area contributed by atoms with Gasteiger partial charge in [0.25, 0.3) is 5.71 Å². The highest BCUT2D eigenvalue weighted by Gasteiger charge is 2.11. The fourth-order valence-corrected chi connectivity index (χ4v) is 2.27. The molecule has 2 N–H and O–H groups in total. The summed E-state index contributed by atoms with van der Waals surface area (Å²) in [4.78, 5) is 19.2. The summed E-state index contributed by atoms with van der Waals surface area (Å²) in [5.41, 5.74) is 7.29. The van der Waals surface area contributed by atoms with Crippen LogP contribution in [0.4, 0.5) is 5.69 Å². The van der Waals surface area contributed by atoms with E-state index < -0.39 is 0 Å². The van der Waals surface area contributed by atoms with Gasteiger partial charge in [0, 0.05) is 5.56 Å². The number of oxazole rings is 1. The van der Waals surface area contributed by atoms with E-state index in [0.29, 0.717) is 22.3 Å². The molecule has 4 rings (SSSR count). The second kappa shape index (κ2) is 7.60. The Kier molecular flexibility index (Phi) is 5.28.